The molecular formula is C21H21F3N2O2. The quantitative estimate of drug-likeness (QED) is 0.825. The number of aliphatic hydroxyl groups excluding tert-OH is 1. The van der Waals surface area contributed by atoms with Crippen LogP contribution in [0.3, 0.4) is 0 Å². The third-order valence-corrected chi connectivity index (χ3v) is 6.08. The van der Waals surface area contributed by atoms with E-state index in [0.29, 0.717) is 25.1 Å². The second kappa shape index (κ2) is 6.90. The fourth-order valence-electron chi connectivity index (χ4n) is 4.23. The summed E-state index contributed by atoms with van der Waals surface area (Å²) < 4.78 is 42.6. The van der Waals surface area contributed by atoms with Crippen LogP contribution >= 0.6 is 0 Å². The van der Waals surface area contributed by atoms with Crippen LogP contribution in [-0.2, 0) is 4.79 Å². The molecule has 7 heteroatoms. The Bertz CT molecular complexity index is 914. The highest BCUT2D eigenvalue weighted by molar-refractivity contribution is 5.89. The molecule has 0 radical (unpaired) electrons. The van der Waals surface area contributed by atoms with Gasteiger partial charge in [0.2, 0.25) is 5.91 Å². The molecule has 1 aliphatic carbocycles. The Morgan fingerprint density at radius 1 is 1.21 bits per heavy atom. The van der Waals surface area contributed by atoms with Crippen LogP contribution in [0.1, 0.15) is 24.3 Å². The number of hydrogen-bond acceptors (Lipinski definition) is 3. The maximum Gasteiger partial charge on any atom is 0.232 e. The third kappa shape index (κ3) is 2.81. The van der Waals surface area contributed by atoms with Crippen LogP contribution < -0.4 is 5.73 Å². The largest absolute Gasteiger partial charge is 0.395 e. The minimum Gasteiger partial charge on any atom is -0.395 e. The molecule has 1 heterocycles. The monoisotopic (exact) mass is 390 g/mol. The van der Waals surface area contributed by atoms with Crippen molar-refractivity contribution in [3.63, 3.8) is 0 Å². The van der Waals surface area contributed by atoms with Crippen molar-refractivity contribution in [3.05, 3.63) is 59.4 Å². The van der Waals surface area contributed by atoms with Gasteiger partial charge in [-0.2, -0.15) is 0 Å². The van der Waals surface area contributed by atoms with E-state index in [9.17, 15) is 23.1 Å². The van der Waals surface area contributed by atoms with Crippen LogP contribution in [-0.4, -0.2) is 41.7 Å². The van der Waals surface area contributed by atoms with Crippen LogP contribution in [0, 0.1) is 22.9 Å². The van der Waals surface area contributed by atoms with Gasteiger partial charge in [-0.1, -0.05) is 12.1 Å². The molecule has 4 nitrogen and oxygen atoms in total. The van der Waals surface area contributed by atoms with Crippen molar-refractivity contribution in [1.82, 2.24) is 4.90 Å². The third-order valence-electron chi connectivity index (χ3n) is 6.08. The molecule has 3 N–H and O–H groups in total. The molecule has 2 aliphatic rings. The highest BCUT2D eigenvalue weighted by Gasteiger charge is 2.63. The SMILES string of the molecule is NC[C@@H]1CCN1C(=O)C1(CO)CC1c1ccc(F)cc1-c1c(F)cccc1F. The van der Waals surface area contributed by atoms with Gasteiger partial charge in [-0.25, -0.2) is 13.2 Å². The van der Waals surface area contributed by atoms with Gasteiger partial charge in [0.1, 0.15) is 17.5 Å². The highest BCUT2D eigenvalue weighted by Crippen LogP contribution is 2.62. The van der Waals surface area contributed by atoms with Gasteiger partial charge in [0.05, 0.1) is 17.6 Å². The molecule has 3 atom stereocenters. The first-order chi connectivity index (χ1) is 13.4. The standard InChI is InChI=1S/C21H21F3N2O2/c22-12-4-5-14(15(8-12)19-17(23)2-1-3-18(19)24)16-9-21(16,11-27)20(28)26-7-6-13(26)10-25/h1-5,8,13,16,27H,6-7,9-11,25H2/t13-,16?,21?/m0/s1. The second-order valence-corrected chi connectivity index (χ2v) is 7.58. The molecule has 0 bridgehead atoms. The minimum atomic E-state index is -1.05. The molecule has 1 amide bonds. The van der Waals surface area contributed by atoms with Gasteiger partial charge in [0, 0.05) is 25.0 Å². The summed E-state index contributed by atoms with van der Waals surface area (Å²) in [6.45, 7) is 0.536. The van der Waals surface area contributed by atoms with Crippen LogP contribution in [0.15, 0.2) is 36.4 Å². The topological polar surface area (TPSA) is 66.6 Å². The van der Waals surface area contributed by atoms with E-state index < -0.39 is 28.8 Å². The van der Waals surface area contributed by atoms with Crippen molar-refractivity contribution in [1.29, 1.82) is 0 Å². The van der Waals surface area contributed by atoms with Crippen LogP contribution in [0.5, 0.6) is 0 Å². The lowest BCUT2D eigenvalue weighted by Gasteiger charge is -2.42. The summed E-state index contributed by atoms with van der Waals surface area (Å²) in [7, 11) is 0. The van der Waals surface area contributed by atoms with Gasteiger partial charge in [-0.05, 0) is 48.2 Å². The van der Waals surface area contributed by atoms with E-state index in [1.807, 2.05) is 0 Å². The van der Waals surface area contributed by atoms with E-state index in [0.717, 1.165) is 24.6 Å². The zero-order chi connectivity index (χ0) is 20.1. The Morgan fingerprint density at radius 3 is 2.50 bits per heavy atom. The molecule has 2 aromatic rings. The highest BCUT2D eigenvalue weighted by atomic mass is 19.1. The number of carbonyl (C=O) groups excluding carboxylic acids is 1. The normalized spacial score (nSPS) is 26.1. The fraction of sp³-hybridized carbons (Fsp3) is 0.381. The smallest absolute Gasteiger partial charge is 0.232 e. The zero-order valence-corrected chi connectivity index (χ0v) is 15.2. The molecule has 0 spiro atoms. The molecule has 0 aromatic heterocycles. The molecule has 1 saturated heterocycles. The van der Waals surface area contributed by atoms with E-state index >= 15 is 0 Å². The number of nitrogens with two attached hydrogens (primary N) is 1. The second-order valence-electron chi connectivity index (χ2n) is 7.58. The van der Waals surface area contributed by atoms with Crippen molar-refractivity contribution >= 4 is 5.91 Å². The number of aliphatic hydroxyl groups is 1. The van der Waals surface area contributed by atoms with E-state index in [1.54, 1.807) is 4.90 Å². The minimum absolute atomic E-state index is 0.0473. The van der Waals surface area contributed by atoms with Crippen molar-refractivity contribution in [2.24, 2.45) is 11.1 Å². The molecule has 28 heavy (non-hydrogen) atoms. The number of nitrogens with zero attached hydrogens (tertiary/aromatic N) is 1. The van der Waals surface area contributed by atoms with Crippen molar-refractivity contribution in [3.8, 4) is 11.1 Å². The molecule has 2 aromatic carbocycles. The number of benzene rings is 2. The molecule has 1 aliphatic heterocycles. The van der Waals surface area contributed by atoms with Crippen molar-refractivity contribution in [2.45, 2.75) is 24.8 Å². The number of carbonyl (C=O) groups is 1. The maximum atomic E-state index is 14.4. The van der Waals surface area contributed by atoms with Crippen LogP contribution in [0.4, 0.5) is 13.2 Å². The fourth-order valence-corrected chi connectivity index (χ4v) is 4.23. The Hall–Kier alpha value is -2.38. The van der Waals surface area contributed by atoms with Crippen molar-refractivity contribution in [2.75, 3.05) is 19.7 Å². The summed E-state index contributed by atoms with van der Waals surface area (Å²) in [6, 6.07) is 7.13. The molecule has 4 rings (SSSR count). The molecule has 1 saturated carbocycles. The maximum absolute atomic E-state index is 14.4. The average molecular weight is 390 g/mol. The summed E-state index contributed by atoms with van der Waals surface area (Å²) >= 11 is 0. The first-order valence-corrected chi connectivity index (χ1v) is 9.28. The molecule has 2 fully saturated rings. The zero-order valence-electron chi connectivity index (χ0n) is 15.2. The van der Waals surface area contributed by atoms with Gasteiger partial charge in [0.15, 0.2) is 0 Å². The first-order valence-electron chi connectivity index (χ1n) is 9.28. The van der Waals surface area contributed by atoms with Gasteiger partial charge in [0.25, 0.3) is 0 Å². The lowest BCUT2D eigenvalue weighted by atomic mass is 9.89. The summed E-state index contributed by atoms with van der Waals surface area (Å²) in [4.78, 5) is 14.7. The first kappa shape index (κ1) is 19.0. The number of amides is 1. The molecular weight excluding hydrogens is 369 g/mol. The van der Waals surface area contributed by atoms with E-state index in [2.05, 4.69) is 0 Å². The van der Waals surface area contributed by atoms with Crippen molar-refractivity contribution < 1.29 is 23.1 Å². The van der Waals surface area contributed by atoms with E-state index in [4.69, 9.17) is 5.73 Å². The molecule has 2 unspecified atom stereocenters. The summed E-state index contributed by atoms with van der Waals surface area (Å²) in [5, 5.41) is 10.0. The molecule has 148 valence electrons. The number of halogens is 3. The lowest BCUT2D eigenvalue weighted by molar-refractivity contribution is -0.146. The summed E-state index contributed by atoms with van der Waals surface area (Å²) in [5.41, 5.74) is 4.83. The number of likely N-dealkylation sites (tertiary alicyclic amines) is 1. The van der Waals surface area contributed by atoms with E-state index in [1.165, 1.54) is 18.2 Å². The lowest BCUT2D eigenvalue weighted by Crippen LogP contribution is -2.57. The number of hydrogen-bond donors (Lipinski definition) is 2. The summed E-state index contributed by atoms with van der Waals surface area (Å²) in [5.74, 6) is -2.89. The van der Waals surface area contributed by atoms with Gasteiger partial charge >= 0.3 is 0 Å². The predicted molar refractivity (Wildman–Crippen MR) is 97.8 cm³/mol. The Balaban J connectivity index is 1.74. The Kier molecular flexibility index (Phi) is 4.67. The Morgan fingerprint density at radius 2 is 1.93 bits per heavy atom. The predicted octanol–water partition coefficient (Wildman–Crippen LogP) is 2.80. The number of rotatable bonds is 5. The van der Waals surface area contributed by atoms with Gasteiger partial charge in [-0.3, -0.25) is 4.79 Å². The Labute approximate surface area is 160 Å². The van der Waals surface area contributed by atoms with E-state index in [-0.39, 0.29) is 29.7 Å². The van der Waals surface area contributed by atoms with Crippen LogP contribution in [0.25, 0.3) is 11.1 Å². The average Bonchev–Trinajstić information content (AvgIpc) is 3.37. The van der Waals surface area contributed by atoms with Gasteiger partial charge < -0.3 is 15.7 Å². The van der Waals surface area contributed by atoms with Crippen LogP contribution in [0.2, 0.25) is 0 Å². The van der Waals surface area contributed by atoms with Gasteiger partial charge in [-0.15, -0.1) is 0 Å². The summed E-state index contributed by atoms with van der Waals surface area (Å²) in [6.07, 6.45) is 1.15.